The first-order valence-electron chi connectivity index (χ1n) is 6.35. The van der Waals surface area contributed by atoms with Crippen molar-refractivity contribution in [3.05, 3.63) is 58.0 Å². The molecule has 1 atom stereocenters. The fraction of sp³-hybridized carbons (Fsp3) is 0.267. The van der Waals surface area contributed by atoms with E-state index in [-0.39, 0.29) is 11.8 Å². The van der Waals surface area contributed by atoms with Crippen LogP contribution in [0.1, 0.15) is 28.8 Å². The van der Waals surface area contributed by atoms with E-state index < -0.39 is 5.97 Å². The monoisotopic (exact) mass is 337 g/mol. The zero-order valence-corrected chi connectivity index (χ0v) is 12.7. The lowest BCUT2D eigenvalue weighted by molar-refractivity contribution is 0.0660. The molecule has 2 rings (SSSR count). The largest absolute Gasteiger partial charge is 0.475 e. The molecule has 2 N–H and O–H groups in total. The van der Waals surface area contributed by atoms with Crippen LogP contribution in [-0.4, -0.2) is 17.1 Å². The molecular weight excluding hydrogens is 322 g/mol. The van der Waals surface area contributed by atoms with Crippen LogP contribution in [-0.2, 0) is 13.0 Å². The number of carboxylic acid groups (broad SMARTS) is 1. The van der Waals surface area contributed by atoms with Crippen molar-refractivity contribution in [3.63, 3.8) is 0 Å². The molecule has 0 radical (unpaired) electrons. The normalized spacial score (nSPS) is 12.3. The smallest absolute Gasteiger partial charge is 0.371 e. The van der Waals surface area contributed by atoms with Gasteiger partial charge in [-0.1, -0.05) is 34.1 Å². The molecule has 1 aromatic carbocycles. The molecule has 0 fully saturated rings. The standard InChI is InChI=1S/C15H16BrNO3/c1-10(8-11-4-2-3-5-13(11)16)17-9-12-6-7-14(20-12)15(18)19/h2-7,10,17H,8-9H2,1H3,(H,18,19). The summed E-state index contributed by atoms with van der Waals surface area (Å²) in [6.45, 7) is 2.60. The second kappa shape index (κ2) is 6.72. The van der Waals surface area contributed by atoms with E-state index in [0.29, 0.717) is 12.3 Å². The maximum Gasteiger partial charge on any atom is 0.371 e. The van der Waals surface area contributed by atoms with Crippen LogP contribution in [0.25, 0.3) is 0 Å². The van der Waals surface area contributed by atoms with Gasteiger partial charge in [0, 0.05) is 10.5 Å². The van der Waals surface area contributed by atoms with E-state index in [9.17, 15) is 4.79 Å². The van der Waals surface area contributed by atoms with E-state index >= 15 is 0 Å². The molecule has 0 saturated heterocycles. The number of hydrogen-bond acceptors (Lipinski definition) is 3. The zero-order valence-electron chi connectivity index (χ0n) is 11.1. The highest BCUT2D eigenvalue weighted by atomic mass is 79.9. The summed E-state index contributed by atoms with van der Waals surface area (Å²) in [5.74, 6) is -0.445. The second-order valence-corrected chi connectivity index (χ2v) is 5.50. The Balaban J connectivity index is 1.87. The van der Waals surface area contributed by atoms with Crippen LogP contribution in [0, 0.1) is 0 Å². The first kappa shape index (κ1) is 14.8. The van der Waals surface area contributed by atoms with Gasteiger partial charge in [0.15, 0.2) is 0 Å². The molecule has 1 aromatic heterocycles. The lowest BCUT2D eigenvalue weighted by atomic mass is 10.1. The van der Waals surface area contributed by atoms with Gasteiger partial charge in [0.05, 0.1) is 6.54 Å². The third kappa shape index (κ3) is 3.95. The molecule has 0 saturated carbocycles. The predicted molar refractivity (Wildman–Crippen MR) is 79.8 cm³/mol. The number of benzene rings is 1. The van der Waals surface area contributed by atoms with E-state index in [2.05, 4.69) is 34.2 Å². The Labute approximate surface area is 125 Å². The van der Waals surface area contributed by atoms with Crippen molar-refractivity contribution in [2.75, 3.05) is 0 Å². The lowest BCUT2D eigenvalue weighted by Crippen LogP contribution is -2.27. The zero-order chi connectivity index (χ0) is 14.5. The van der Waals surface area contributed by atoms with Crippen LogP contribution in [0.3, 0.4) is 0 Å². The van der Waals surface area contributed by atoms with Crippen molar-refractivity contribution in [1.29, 1.82) is 0 Å². The van der Waals surface area contributed by atoms with Crippen molar-refractivity contribution >= 4 is 21.9 Å². The maximum atomic E-state index is 10.7. The van der Waals surface area contributed by atoms with Crippen molar-refractivity contribution < 1.29 is 14.3 Å². The highest BCUT2D eigenvalue weighted by molar-refractivity contribution is 9.10. The predicted octanol–water partition coefficient (Wildman–Crippen LogP) is 3.46. The molecule has 0 aliphatic rings. The van der Waals surface area contributed by atoms with Crippen LogP contribution in [0.5, 0.6) is 0 Å². The number of nitrogens with one attached hydrogen (secondary N) is 1. The number of hydrogen-bond donors (Lipinski definition) is 2. The van der Waals surface area contributed by atoms with Crippen LogP contribution in [0.4, 0.5) is 0 Å². The molecule has 4 nitrogen and oxygen atoms in total. The number of halogens is 1. The van der Waals surface area contributed by atoms with Crippen molar-refractivity contribution in [2.45, 2.75) is 25.9 Å². The Morgan fingerprint density at radius 3 is 2.75 bits per heavy atom. The van der Waals surface area contributed by atoms with Gasteiger partial charge in [-0.2, -0.15) is 0 Å². The number of carboxylic acids is 1. The number of aromatic carboxylic acids is 1. The first-order valence-corrected chi connectivity index (χ1v) is 7.14. The SMILES string of the molecule is CC(Cc1ccccc1Br)NCc1ccc(C(=O)O)o1. The minimum absolute atomic E-state index is 0.0275. The third-order valence-corrected chi connectivity index (χ3v) is 3.75. The van der Waals surface area contributed by atoms with Gasteiger partial charge in [-0.15, -0.1) is 0 Å². The molecule has 5 heteroatoms. The Morgan fingerprint density at radius 2 is 2.10 bits per heavy atom. The molecule has 1 unspecified atom stereocenters. The summed E-state index contributed by atoms with van der Waals surface area (Å²) < 4.78 is 6.30. The van der Waals surface area contributed by atoms with Gasteiger partial charge in [0.1, 0.15) is 5.76 Å². The highest BCUT2D eigenvalue weighted by Gasteiger charge is 2.10. The van der Waals surface area contributed by atoms with E-state index in [1.165, 1.54) is 11.6 Å². The molecule has 0 aliphatic carbocycles. The minimum Gasteiger partial charge on any atom is -0.475 e. The van der Waals surface area contributed by atoms with Gasteiger partial charge >= 0.3 is 5.97 Å². The average molecular weight is 338 g/mol. The maximum absolute atomic E-state index is 10.7. The molecule has 1 heterocycles. The number of carbonyl (C=O) groups is 1. The van der Waals surface area contributed by atoms with Crippen LogP contribution in [0.2, 0.25) is 0 Å². The summed E-state index contributed by atoms with van der Waals surface area (Å²) in [6.07, 6.45) is 0.883. The second-order valence-electron chi connectivity index (χ2n) is 4.65. The number of furan rings is 1. The summed E-state index contributed by atoms with van der Waals surface area (Å²) in [7, 11) is 0. The van der Waals surface area contributed by atoms with Gasteiger partial charge in [0.25, 0.3) is 0 Å². The Morgan fingerprint density at radius 1 is 1.35 bits per heavy atom. The average Bonchev–Trinajstić information content (AvgIpc) is 2.88. The summed E-state index contributed by atoms with van der Waals surface area (Å²) in [4.78, 5) is 10.7. The molecule has 106 valence electrons. The lowest BCUT2D eigenvalue weighted by Gasteiger charge is -2.13. The number of rotatable bonds is 6. The van der Waals surface area contributed by atoms with Crippen LogP contribution < -0.4 is 5.32 Å². The van der Waals surface area contributed by atoms with Gasteiger partial charge in [-0.25, -0.2) is 4.79 Å². The van der Waals surface area contributed by atoms with Crippen molar-refractivity contribution in [1.82, 2.24) is 5.32 Å². The highest BCUT2D eigenvalue weighted by Crippen LogP contribution is 2.17. The molecule has 0 bridgehead atoms. The van der Waals surface area contributed by atoms with E-state index in [1.807, 2.05) is 18.2 Å². The van der Waals surface area contributed by atoms with E-state index in [0.717, 1.165) is 10.9 Å². The summed E-state index contributed by atoms with van der Waals surface area (Å²) in [6, 6.07) is 11.5. The van der Waals surface area contributed by atoms with Gasteiger partial charge in [-0.05, 0) is 37.1 Å². The van der Waals surface area contributed by atoms with Gasteiger partial charge < -0.3 is 14.8 Å². The third-order valence-electron chi connectivity index (χ3n) is 2.98. The summed E-state index contributed by atoms with van der Waals surface area (Å²) >= 11 is 3.53. The van der Waals surface area contributed by atoms with Crippen LogP contribution >= 0.6 is 15.9 Å². The Kier molecular flexibility index (Phi) is 4.98. The van der Waals surface area contributed by atoms with Crippen LogP contribution in [0.15, 0.2) is 45.3 Å². The Bertz CT molecular complexity index is 594. The first-order chi connectivity index (χ1) is 9.56. The molecule has 0 aliphatic heterocycles. The Hall–Kier alpha value is -1.59. The minimum atomic E-state index is -1.04. The molecule has 2 aromatic rings. The molecule has 20 heavy (non-hydrogen) atoms. The van der Waals surface area contributed by atoms with Crippen molar-refractivity contribution in [2.24, 2.45) is 0 Å². The quantitative estimate of drug-likeness (QED) is 0.847. The van der Waals surface area contributed by atoms with Crippen molar-refractivity contribution in [3.8, 4) is 0 Å². The topological polar surface area (TPSA) is 62.5 Å². The summed E-state index contributed by atoms with van der Waals surface area (Å²) in [5, 5.41) is 12.1. The van der Waals surface area contributed by atoms with Gasteiger partial charge in [-0.3, -0.25) is 0 Å². The van der Waals surface area contributed by atoms with E-state index in [4.69, 9.17) is 9.52 Å². The molecular formula is C15H16BrNO3. The fourth-order valence-electron chi connectivity index (χ4n) is 1.93. The summed E-state index contributed by atoms with van der Waals surface area (Å²) in [5.41, 5.74) is 1.23. The molecule has 0 spiro atoms. The fourth-order valence-corrected chi connectivity index (χ4v) is 2.38. The molecule has 0 amide bonds. The van der Waals surface area contributed by atoms with Gasteiger partial charge in [0.2, 0.25) is 5.76 Å². The van der Waals surface area contributed by atoms with E-state index in [1.54, 1.807) is 6.07 Å².